The lowest BCUT2D eigenvalue weighted by atomic mass is 10.2. The van der Waals surface area contributed by atoms with Gasteiger partial charge in [0, 0.05) is 11.6 Å². The highest BCUT2D eigenvalue weighted by molar-refractivity contribution is 6.36. The maximum atomic E-state index is 13.2. The Morgan fingerprint density at radius 1 is 1.26 bits per heavy atom. The minimum Gasteiger partial charge on any atom is -0.323 e. The standard InChI is InChI=1S/C17H17Cl2FN2O/c1-11(22(2)10-12-4-3-5-14(20)8-12)17(23)21-16-7-6-13(18)9-15(16)19/h3-9,11H,10H2,1-2H3,(H,21,23). The number of rotatable bonds is 5. The third kappa shape index (κ3) is 4.93. The van der Waals surface area contributed by atoms with Gasteiger partial charge in [-0.05, 0) is 49.9 Å². The Hall–Kier alpha value is -1.62. The van der Waals surface area contributed by atoms with E-state index in [9.17, 15) is 9.18 Å². The Balaban J connectivity index is 2.01. The van der Waals surface area contributed by atoms with Crippen LogP contribution in [-0.4, -0.2) is 23.9 Å². The highest BCUT2D eigenvalue weighted by Gasteiger charge is 2.19. The molecule has 0 spiro atoms. The zero-order valence-electron chi connectivity index (χ0n) is 12.8. The van der Waals surface area contributed by atoms with E-state index in [1.807, 2.05) is 11.0 Å². The molecular formula is C17H17Cl2FN2O. The van der Waals surface area contributed by atoms with Gasteiger partial charge in [-0.2, -0.15) is 0 Å². The number of carbonyl (C=O) groups is 1. The molecule has 0 fully saturated rings. The van der Waals surface area contributed by atoms with Gasteiger partial charge < -0.3 is 5.32 Å². The van der Waals surface area contributed by atoms with Crippen molar-refractivity contribution in [2.24, 2.45) is 0 Å². The first-order chi connectivity index (χ1) is 10.9. The molecule has 0 saturated heterocycles. The van der Waals surface area contributed by atoms with Gasteiger partial charge in [0.25, 0.3) is 0 Å². The fourth-order valence-corrected chi connectivity index (χ4v) is 2.54. The average Bonchev–Trinajstić information content (AvgIpc) is 2.49. The lowest BCUT2D eigenvalue weighted by Gasteiger charge is -2.24. The lowest BCUT2D eigenvalue weighted by Crippen LogP contribution is -2.39. The van der Waals surface area contributed by atoms with Crippen LogP contribution in [-0.2, 0) is 11.3 Å². The summed E-state index contributed by atoms with van der Waals surface area (Å²) in [7, 11) is 1.80. The average molecular weight is 355 g/mol. The second kappa shape index (κ2) is 7.77. The van der Waals surface area contributed by atoms with Crippen LogP contribution in [0.1, 0.15) is 12.5 Å². The van der Waals surface area contributed by atoms with E-state index in [1.165, 1.54) is 12.1 Å². The molecule has 122 valence electrons. The van der Waals surface area contributed by atoms with Crippen molar-refractivity contribution >= 4 is 34.8 Å². The number of nitrogens with zero attached hydrogens (tertiary/aromatic N) is 1. The molecule has 0 aliphatic heterocycles. The van der Waals surface area contributed by atoms with E-state index in [1.54, 1.807) is 38.2 Å². The normalized spacial score (nSPS) is 12.3. The van der Waals surface area contributed by atoms with E-state index in [-0.39, 0.29) is 11.7 Å². The zero-order valence-corrected chi connectivity index (χ0v) is 14.3. The van der Waals surface area contributed by atoms with Crippen molar-refractivity contribution in [2.45, 2.75) is 19.5 Å². The van der Waals surface area contributed by atoms with Crippen molar-refractivity contribution in [3.63, 3.8) is 0 Å². The zero-order chi connectivity index (χ0) is 17.0. The first-order valence-corrected chi connectivity index (χ1v) is 7.83. The van der Waals surface area contributed by atoms with Crippen molar-refractivity contribution in [1.29, 1.82) is 0 Å². The molecule has 0 aromatic heterocycles. The van der Waals surface area contributed by atoms with Gasteiger partial charge in [-0.3, -0.25) is 9.69 Å². The van der Waals surface area contributed by atoms with E-state index in [2.05, 4.69) is 5.32 Å². The summed E-state index contributed by atoms with van der Waals surface area (Å²) in [4.78, 5) is 14.2. The van der Waals surface area contributed by atoms with Crippen LogP contribution in [0.4, 0.5) is 10.1 Å². The Kier molecular flexibility index (Phi) is 5.99. The molecule has 0 aliphatic carbocycles. The highest BCUT2D eigenvalue weighted by Crippen LogP contribution is 2.25. The molecule has 1 amide bonds. The third-order valence-electron chi connectivity index (χ3n) is 3.55. The fourth-order valence-electron chi connectivity index (χ4n) is 2.09. The highest BCUT2D eigenvalue weighted by atomic mass is 35.5. The summed E-state index contributed by atoms with van der Waals surface area (Å²) in [6.07, 6.45) is 0. The summed E-state index contributed by atoms with van der Waals surface area (Å²) in [5.74, 6) is -0.492. The molecule has 1 N–H and O–H groups in total. The first-order valence-electron chi connectivity index (χ1n) is 7.07. The maximum Gasteiger partial charge on any atom is 0.241 e. The minimum atomic E-state index is -0.412. The predicted molar refractivity (Wildman–Crippen MR) is 92.4 cm³/mol. The number of nitrogens with one attached hydrogen (secondary N) is 1. The van der Waals surface area contributed by atoms with Gasteiger partial charge in [0.2, 0.25) is 5.91 Å². The van der Waals surface area contributed by atoms with Crippen LogP contribution in [0.15, 0.2) is 42.5 Å². The van der Waals surface area contributed by atoms with Crippen molar-refractivity contribution in [3.8, 4) is 0 Å². The summed E-state index contributed by atoms with van der Waals surface area (Å²) in [6.45, 7) is 2.24. The second-order valence-corrected chi connectivity index (χ2v) is 6.18. The monoisotopic (exact) mass is 354 g/mol. The number of amides is 1. The van der Waals surface area contributed by atoms with Crippen LogP contribution in [0.2, 0.25) is 10.0 Å². The molecule has 0 heterocycles. The van der Waals surface area contributed by atoms with Crippen LogP contribution in [0, 0.1) is 5.82 Å². The summed E-state index contributed by atoms with van der Waals surface area (Å²) in [5, 5.41) is 3.65. The van der Waals surface area contributed by atoms with E-state index in [0.29, 0.717) is 22.3 Å². The lowest BCUT2D eigenvalue weighted by molar-refractivity contribution is -0.120. The van der Waals surface area contributed by atoms with E-state index < -0.39 is 6.04 Å². The molecule has 6 heteroatoms. The quantitative estimate of drug-likeness (QED) is 0.851. The largest absolute Gasteiger partial charge is 0.323 e. The topological polar surface area (TPSA) is 32.3 Å². The number of hydrogen-bond acceptors (Lipinski definition) is 2. The molecule has 1 atom stereocenters. The SMILES string of the molecule is CC(C(=O)Nc1ccc(Cl)cc1Cl)N(C)Cc1cccc(F)c1. The van der Waals surface area contributed by atoms with Gasteiger partial charge in [-0.1, -0.05) is 35.3 Å². The van der Waals surface area contributed by atoms with E-state index >= 15 is 0 Å². The molecule has 2 aromatic rings. The summed E-state index contributed by atoms with van der Waals surface area (Å²) >= 11 is 11.9. The van der Waals surface area contributed by atoms with Gasteiger partial charge >= 0.3 is 0 Å². The molecule has 23 heavy (non-hydrogen) atoms. The molecule has 0 aliphatic rings. The summed E-state index contributed by atoms with van der Waals surface area (Å²) in [6, 6.07) is 10.8. The van der Waals surface area contributed by atoms with Crippen molar-refractivity contribution < 1.29 is 9.18 Å². The fraction of sp³-hybridized carbons (Fsp3) is 0.235. The second-order valence-electron chi connectivity index (χ2n) is 5.33. The molecule has 2 aromatic carbocycles. The third-order valence-corrected chi connectivity index (χ3v) is 4.10. The first kappa shape index (κ1) is 17.7. The van der Waals surface area contributed by atoms with Gasteiger partial charge in [-0.25, -0.2) is 4.39 Å². The number of likely N-dealkylation sites (N-methyl/N-ethyl adjacent to an activating group) is 1. The van der Waals surface area contributed by atoms with Crippen molar-refractivity contribution in [2.75, 3.05) is 12.4 Å². The van der Waals surface area contributed by atoms with Crippen LogP contribution in [0.5, 0.6) is 0 Å². The van der Waals surface area contributed by atoms with Gasteiger partial charge in [0.05, 0.1) is 16.8 Å². The molecule has 0 bridgehead atoms. The van der Waals surface area contributed by atoms with Gasteiger partial charge in [-0.15, -0.1) is 0 Å². The van der Waals surface area contributed by atoms with Crippen LogP contribution < -0.4 is 5.32 Å². The molecular weight excluding hydrogens is 338 g/mol. The van der Waals surface area contributed by atoms with Crippen LogP contribution in [0.25, 0.3) is 0 Å². The van der Waals surface area contributed by atoms with Gasteiger partial charge in [0.1, 0.15) is 5.82 Å². The molecule has 0 radical (unpaired) electrons. The Morgan fingerprint density at radius 2 is 2.00 bits per heavy atom. The number of hydrogen-bond donors (Lipinski definition) is 1. The summed E-state index contributed by atoms with van der Waals surface area (Å²) in [5.41, 5.74) is 1.31. The number of benzene rings is 2. The van der Waals surface area contributed by atoms with Gasteiger partial charge in [0.15, 0.2) is 0 Å². The van der Waals surface area contributed by atoms with Crippen molar-refractivity contribution in [1.82, 2.24) is 4.90 Å². The van der Waals surface area contributed by atoms with Crippen LogP contribution >= 0.6 is 23.2 Å². The van der Waals surface area contributed by atoms with E-state index in [4.69, 9.17) is 23.2 Å². The molecule has 2 rings (SSSR count). The molecule has 1 unspecified atom stereocenters. The Labute approximate surface area is 145 Å². The minimum absolute atomic E-state index is 0.201. The summed E-state index contributed by atoms with van der Waals surface area (Å²) < 4.78 is 13.2. The van der Waals surface area contributed by atoms with Crippen molar-refractivity contribution in [3.05, 3.63) is 63.9 Å². The molecule has 0 saturated carbocycles. The molecule has 3 nitrogen and oxygen atoms in total. The number of halogens is 3. The van der Waals surface area contributed by atoms with E-state index in [0.717, 1.165) is 5.56 Å². The smallest absolute Gasteiger partial charge is 0.241 e. The predicted octanol–water partition coefficient (Wildman–Crippen LogP) is 4.59. The van der Waals surface area contributed by atoms with Crippen LogP contribution in [0.3, 0.4) is 0 Å². The maximum absolute atomic E-state index is 13.2. The number of carbonyl (C=O) groups excluding carboxylic acids is 1. The Morgan fingerprint density at radius 3 is 2.65 bits per heavy atom. The number of anilines is 1. The Bertz CT molecular complexity index is 709.